The normalized spacial score (nSPS) is 16.6. The first kappa shape index (κ1) is 17.5. The standard InChI is InChI=1S/C16H12F3N3O4/c17-16(18,19)25-11-3-1-9(2-4-11)13-6-14(22-26-13)24-12-5-10(15(20)23)7-21-8-12/h1-8,13,22H,(H2,20,23). The number of hydrogen-bond acceptors (Lipinski definition) is 6. The molecule has 1 aliphatic heterocycles. The van der Waals surface area contributed by atoms with Crippen LogP contribution in [-0.2, 0) is 4.84 Å². The number of aromatic nitrogens is 1. The van der Waals surface area contributed by atoms with Gasteiger partial charge in [0, 0.05) is 12.3 Å². The Balaban J connectivity index is 1.68. The summed E-state index contributed by atoms with van der Waals surface area (Å²) in [6.45, 7) is 0. The zero-order valence-electron chi connectivity index (χ0n) is 13.0. The van der Waals surface area contributed by atoms with Crippen molar-refractivity contribution < 1.29 is 32.3 Å². The minimum absolute atomic E-state index is 0.179. The molecule has 0 saturated heterocycles. The smallest absolute Gasteiger partial charge is 0.438 e. The summed E-state index contributed by atoms with van der Waals surface area (Å²) in [5, 5.41) is 0. The van der Waals surface area contributed by atoms with Gasteiger partial charge in [-0.25, -0.2) is 5.48 Å². The van der Waals surface area contributed by atoms with Gasteiger partial charge in [-0.05, 0) is 23.8 Å². The molecule has 0 saturated carbocycles. The second kappa shape index (κ2) is 6.92. The van der Waals surface area contributed by atoms with Crippen molar-refractivity contribution in [3.63, 3.8) is 0 Å². The first-order valence-electron chi connectivity index (χ1n) is 7.22. The Morgan fingerprint density at radius 3 is 2.58 bits per heavy atom. The molecule has 26 heavy (non-hydrogen) atoms. The number of amides is 1. The van der Waals surface area contributed by atoms with E-state index in [4.69, 9.17) is 15.3 Å². The number of halogens is 3. The van der Waals surface area contributed by atoms with Crippen LogP contribution >= 0.6 is 0 Å². The lowest BCUT2D eigenvalue weighted by atomic mass is 10.1. The van der Waals surface area contributed by atoms with Crippen LogP contribution in [0.5, 0.6) is 11.5 Å². The van der Waals surface area contributed by atoms with Gasteiger partial charge in [0.05, 0.1) is 11.8 Å². The van der Waals surface area contributed by atoms with Crippen LogP contribution in [0.25, 0.3) is 0 Å². The number of ether oxygens (including phenoxy) is 2. The van der Waals surface area contributed by atoms with Gasteiger partial charge in [-0.1, -0.05) is 12.1 Å². The highest BCUT2D eigenvalue weighted by Gasteiger charge is 2.31. The number of carbonyl (C=O) groups is 1. The van der Waals surface area contributed by atoms with Crippen molar-refractivity contribution in [3.8, 4) is 11.5 Å². The zero-order chi connectivity index (χ0) is 18.7. The maximum absolute atomic E-state index is 12.2. The van der Waals surface area contributed by atoms with Crippen molar-refractivity contribution in [1.29, 1.82) is 0 Å². The third-order valence-electron chi connectivity index (χ3n) is 3.26. The minimum atomic E-state index is -4.75. The van der Waals surface area contributed by atoms with Crippen molar-refractivity contribution in [1.82, 2.24) is 10.5 Å². The number of nitrogens with two attached hydrogens (primary N) is 1. The molecule has 0 spiro atoms. The summed E-state index contributed by atoms with van der Waals surface area (Å²) < 4.78 is 45.8. The van der Waals surface area contributed by atoms with E-state index in [1.54, 1.807) is 6.08 Å². The molecule has 3 N–H and O–H groups in total. The molecule has 1 atom stereocenters. The molecular formula is C16H12F3N3O4. The number of primary amides is 1. The highest BCUT2D eigenvalue weighted by molar-refractivity contribution is 5.92. The highest BCUT2D eigenvalue weighted by Crippen LogP contribution is 2.28. The van der Waals surface area contributed by atoms with Gasteiger partial charge in [-0.15, -0.1) is 13.2 Å². The van der Waals surface area contributed by atoms with E-state index in [1.165, 1.54) is 42.7 Å². The molecule has 3 rings (SSSR count). The molecule has 0 aliphatic carbocycles. The molecule has 0 radical (unpaired) electrons. The molecule has 2 heterocycles. The minimum Gasteiger partial charge on any atom is -0.438 e. The fraction of sp³-hybridized carbons (Fsp3) is 0.125. The predicted octanol–water partition coefficient (Wildman–Crippen LogP) is 2.58. The number of carbonyl (C=O) groups excluding carboxylic acids is 1. The average molecular weight is 367 g/mol. The maximum Gasteiger partial charge on any atom is 0.573 e. The van der Waals surface area contributed by atoms with E-state index in [0.29, 0.717) is 5.56 Å². The van der Waals surface area contributed by atoms with Crippen LogP contribution in [0.1, 0.15) is 22.0 Å². The number of benzene rings is 1. The van der Waals surface area contributed by atoms with Crippen LogP contribution in [-0.4, -0.2) is 17.3 Å². The van der Waals surface area contributed by atoms with E-state index in [0.717, 1.165) is 0 Å². The number of rotatable bonds is 5. The summed E-state index contributed by atoms with van der Waals surface area (Å²) in [7, 11) is 0. The summed E-state index contributed by atoms with van der Waals surface area (Å²) in [5.41, 5.74) is 8.47. The third kappa shape index (κ3) is 4.42. The number of hydrogen-bond donors (Lipinski definition) is 2. The molecule has 2 aromatic rings. The van der Waals surface area contributed by atoms with Crippen molar-refractivity contribution in [3.05, 3.63) is 65.8 Å². The van der Waals surface area contributed by atoms with Gasteiger partial charge < -0.3 is 15.2 Å². The van der Waals surface area contributed by atoms with Crippen molar-refractivity contribution >= 4 is 5.91 Å². The number of nitrogens with one attached hydrogen (secondary N) is 1. The number of hydroxylamine groups is 1. The lowest BCUT2D eigenvalue weighted by molar-refractivity contribution is -0.274. The van der Waals surface area contributed by atoms with Gasteiger partial charge in [0.15, 0.2) is 0 Å². The summed E-state index contributed by atoms with van der Waals surface area (Å²) >= 11 is 0. The lowest BCUT2D eigenvalue weighted by Gasteiger charge is -2.11. The molecule has 7 nitrogen and oxygen atoms in total. The lowest BCUT2D eigenvalue weighted by Crippen LogP contribution is -2.17. The summed E-state index contributed by atoms with van der Waals surface area (Å²) in [4.78, 5) is 20.3. The monoisotopic (exact) mass is 367 g/mol. The molecule has 1 amide bonds. The van der Waals surface area contributed by atoms with E-state index >= 15 is 0 Å². The number of alkyl halides is 3. The van der Waals surface area contributed by atoms with Gasteiger partial charge in [0.2, 0.25) is 11.8 Å². The quantitative estimate of drug-likeness (QED) is 0.843. The Morgan fingerprint density at radius 1 is 1.19 bits per heavy atom. The van der Waals surface area contributed by atoms with Crippen molar-refractivity contribution in [2.45, 2.75) is 12.5 Å². The van der Waals surface area contributed by atoms with Crippen LogP contribution in [0.2, 0.25) is 0 Å². The van der Waals surface area contributed by atoms with Gasteiger partial charge >= 0.3 is 6.36 Å². The van der Waals surface area contributed by atoms with Crippen LogP contribution in [0.4, 0.5) is 13.2 Å². The molecule has 136 valence electrons. The van der Waals surface area contributed by atoms with Crippen LogP contribution in [0.3, 0.4) is 0 Å². The van der Waals surface area contributed by atoms with Crippen molar-refractivity contribution in [2.75, 3.05) is 0 Å². The Hall–Kier alpha value is -3.27. The fourth-order valence-corrected chi connectivity index (χ4v) is 2.14. The second-order valence-corrected chi connectivity index (χ2v) is 5.16. The molecule has 1 unspecified atom stereocenters. The summed E-state index contributed by atoms with van der Waals surface area (Å²) in [5.74, 6) is -0.485. The third-order valence-corrected chi connectivity index (χ3v) is 3.26. The fourth-order valence-electron chi connectivity index (χ4n) is 2.14. The molecular weight excluding hydrogens is 355 g/mol. The van der Waals surface area contributed by atoms with Crippen LogP contribution in [0.15, 0.2) is 54.7 Å². The summed E-state index contributed by atoms with van der Waals surface area (Å²) in [6, 6.07) is 6.64. The SMILES string of the molecule is NC(=O)c1cncc(OC2=CC(c3ccc(OC(F)(F)F)cc3)ON2)c1. The molecule has 0 bridgehead atoms. The Labute approximate surface area is 145 Å². The Bertz CT molecular complexity index is 837. The van der Waals surface area contributed by atoms with Gasteiger partial charge in [0.25, 0.3) is 0 Å². The van der Waals surface area contributed by atoms with Gasteiger partial charge in [-0.3, -0.25) is 14.6 Å². The summed E-state index contributed by atoms with van der Waals surface area (Å²) in [6.07, 6.45) is -1.09. The number of nitrogens with zero attached hydrogens (tertiary/aromatic N) is 1. The van der Waals surface area contributed by atoms with Gasteiger partial charge in [0.1, 0.15) is 17.6 Å². The first-order chi connectivity index (χ1) is 12.3. The van der Waals surface area contributed by atoms with E-state index in [9.17, 15) is 18.0 Å². The Kier molecular flexibility index (Phi) is 4.67. The Morgan fingerprint density at radius 2 is 1.92 bits per heavy atom. The second-order valence-electron chi connectivity index (χ2n) is 5.16. The van der Waals surface area contributed by atoms with Crippen LogP contribution < -0.4 is 20.7 Å². The topological polar surface area (TPSA) is 95.7 Å². The molecule has 1 aliphatic rings. The van der Waals surface area contributed by atoms with E-state index in [1.807, 2.05) is 0 Å². The van der Waals surface area contributed by atoms with Crippen LogP contribution in [0, 0.1) is 0 Å². The molecule has 10 heteroatoms. The van der Waals surface area contributed by atoms with E-state index in [2.05, 4.69) is 15.2 Å². The molecule has 1 aromatic heterocycles. The predicted molar refractivity (Wildman–Crippen MR) is 81.6 cm³/mol. The van der Waals surface area contributed by atoms with E-state index < -0.39 is 18.4 Å². The van der Waals surface area contributed by atoms with Gasteiger partial charge in [-0.2, -0.15) is 0 Å². The van der Waals surface area contributed by atoms with Crippen molar-refractivity contribution in [2.24, 2.45) is 5.73 Å². The molecule has 1 aromatic carbocycles. The molecule has 0 fully saturated rings. The largest absolute Gasteiger partial charge is 0.573 e. The van der Waals surface area contributed by atoms with E-state index in [-0.39, 0.29) is 22.9 Å². The first-order valence-corrected chi connectivity index (χ1v) is 7.22. The average Bonchev–Trinajstić information content (AvgIpc) is 3.03. The number of pyridine rings is 1. The maximum atomic E-state index is 12.2. The zero-order valence-corrected chi connectivity index (χ0v) is 13.0. The highest BCUT2D eigenvalue weighted by atomic mass is 19.4.